The average molecular weight is 285 g/mol. The lowest BCUT2D eigenvalue weighted by Crippen LogP contribution is -2.18. The molecule has 3 rings (SSSR count). The summed E-state index contributed by atoms with van der Waals surface area (Å²) in [6.45, 7) is 3.82. The second-order valence-electron chi connectivity index (χ2n) is 5.55. The fraction of sp³-hybridized carbons (Fsp3) is 0.333. The maximum Gasteiger partial charge on any atom is 0.123 e. The molecule has 1 heterocycles. The Hall–Kier alpha value is -1.87. The van der Waals surface area contributed by atoms with Crippen LogP contribution < -0.4 is 4.74 Å². The molecule has 2 aromatic rings. The number of benzene rings is 2. The maximum atomic E-state index is 13.1. The molecule has 0 bridgehead atoms. The zero-order valence-corrected chi connectivity index (χ0v) is 12.1. The summed E-state index contributed by atoms with van der Waals surface area (Å²) in [4.78, 5) is 2.47. The van der Waals surface area contributed by atoms with Gasteiger partial charge in [-0.1, -0.05) is 24.3 Å². The Morgan fingerprint density at radius 2 is 1.71 bits per heavy atom. The van der Waals surface area contributed by atoms with Crippen molar-refractivity contribution in [2.45, 2.75) is 26.0 Å². The molecule has 1 aliphatic heterocycles. The molecular weight excluding hydrogens is 265 g/mol. The molecule has 0 radical (unpaired) electrons. The molecule has 1 saturated heterocycles. The van der Waals surface area contributed by atoms with E-state index in [2.05, 4.69) is 17.0 Å². The summed E-state index contributed by atoms with van der Waals surface area (Å²) in [6.07, 6.45) is 2.63. The first kappa shape index (κ1) is 14.1. The van der Waals surface area contributed by atoms with Gasteiger partial charge in [0.05, 0.1) is 0 Å². The standard InChI is InChI=1S/C18H20FNO/c19-17-5-3-4-16(12-17)14-21-18-8-6-15(7-9-18)13-20-10-1-2-11-20/h3-9,12H,1-2,10-11,13-14H2. The lowest BCUT2D eigenvalue weighted by Gasteiger charge is -2.14. The summed E-state index contributed by atoms with van der Waals surface area (Å²) in [5.74, 6) is 0.599. The van der Waals surface area contributed by atoms with Crippen LogP contribution in [0.4, 0.5) is 4.39 Å². The second-order valence-corrected chi connectivity index (χ2v) is 5.55. The smallest absolute Gasteiger partial charge is 0.123 e. The Morgan fingerprint density at radius 1 is 0.952 bits per heavy atom. The molecule has 1 fully saturated rings. The molecule has 3 heteroatoms. The van der Waals surface area contributed by atoms with Gasteiger partial charge in [-0.15, -0.1) is 0 Å². The van der Waals surface area contributed by atoms with E-state index in [1.807, 2.05) is 18.2 Å². The lowest BCUT2D eigenvalue weighted by molar-refractivity contribution is 0.304. The van der Waals surface area contributed by atoms with Gasteiger partial charge in [0.2, 0.25) is 0 Å². The first-order chi connectivity index (χ1) is 10.3. The van der Waals surface area contributed by atoms with Gasteiger partial charge >= 0.3 is 0 Å². The largest absolute Gasteiger partial charge is 0.489 e. The number of likely N-dealkylation sites (tertiary alicyclic amines) is 1. The van der Waals surface area contributed by atoms with Crippen LogP contribution in [-0.4, -0.2) is 18.0 Å². The van der Waals surface area contributed by atoms with E-state index in [4.69, 9.17) is 4.74 Å². The summed E-state index contributed by atoms with van der Waals surface area (Å²) in [5.41, 5.74) is 2.16. The predicted molar refractivity (Wildman–Crippen MR) is 81.7 cm³/mol. The third kappa shape index (κ3) is 4.05. The van der Waals surface area contributed by atoms with Gasteiger partial charge in [0.15, 0.2) is 0 Å². The minimum Gasteiger partial charge on any atom is -0.489 e. The Labute approximate surface area is 125 Å². The van der Waals surface area contributed by atoms with Crippen LogP contribution in [0.15, 0.2) is 48.5 Å². The molecular formula is C18H20FNO. The van der Waals surface area contributed by atoms with Gasteiger partial charge in [-0.05, 0) is 61.3 Å². The van der Waals surface area contributed by atoms with Crippen LogP contribution in [0.3, 0.4) is 0 Å². The number of rotatable bonds is 5. The normalized spacial score (nSPS) is 15.3. The van der Waals surface area contributed by atoms with Gasteiger partial charge in [0.25, 0.3) is 0 Å². The van der Waals surface area contributed by atoms with Crippen molar-refractivity contribution < 1.29 is 9.13 Å². The van der Waals surface area contributed by atoms with Crippen LogP contribution in [-0.2, 0) is 13.2 Å². The minimum absolute atomic E-state index is 0.225. The molecule has 110 valence electrons. The van der Waals surface area contributed by atoms with Gasteiger partial charge < -0.3 is 4.74 Å². The van der Waals surface area contributed by atoms with E-state index in [1.54, 1.807) is 6.07 Å². The monoisotopic (exact) mass is 285 g/mol. The molecule has 0 saturated carbocycles. The number of hydrogen-bond acceptors (Lipinski definition) is 2. The number of hydrogen-bond donors (Lipinski definition) is 0. The quantitative estimate of drug-likeness (QED) is 0.823. The topological polar surface area (TPSA) is 12.5 Å². The van der Waals surface area contributed by atoms with Gasteiger partial charge in [0, 0.05) is 6.54 Å². The van der Waals surface area contributed by atoms with Crippen LogP contribution in [0.25, 0.3) is 0 Å². The highest BCUT2D eigenvalue weighted by atomic mass is 19.1. The Kier molecular flexibility index (Phi) is 4.51. The molecule has 0 atom stereocenters. The molecule has 21 heavy (non-hydrogen) atoms. The average Bonchev–Trinajstić information content (AvgIpc) is 3.00. The van der Waals surface area contributed by atoms with Gasteiger partial charge in [0.1, 0.15) is 18.2 Å². The van der Waals surface area contributed by atoms with Crippen molar-refractivity contribution in [3.05, 3.63) is 65.5 Å². The molecule has 0 spiro atoms. The Morgan fingerprint density at radius 3 is 2.43 bits per heavy atom. The molecule has 0 aliphatic carbocycles. The van der Waals surface area contributed by atoms with E-state index in [1.165, 1.54) is 43.6 Å². The lowest BCUT2D eigenvalue weighted by atomic mass is 10.2. The number of nitrogens with zero attached hydrogens (tertiary/aromatic N) is 1. The van der Waals surface area contributed by atoms with E-state index in [0.29, 0.717) is 6.61 Å². The van der Waals surface area contributed by atoms with Crippen LogP contribution in [0.1, 0.15) is 24.0 Å². The highest BCUT2D eigenvalue weighted by molar-refractivity contribution is 5.28. The first-order valence-corrected chi connectivity index (χ1v) is 7.48. The second kappa shape index (κ2) is 6.72. The van der Waals surface area contributed by atoms with E-state index >= 15 is 0 Å². The first-order valence-electron chi connectivity index (χ1n) is 7.48. The maximum absolute atomic E-state index is 13.1. The molecule has 0 unspecified atom stereocenters. The summed E-state index contributed by atoms with van der Waals surface area (Å²) in [7, 11) is 0. The van der Waals surface area contributed by atoms with Crippen molar-refractivity contribution in [3.8, 4) is 5.75 Å². The summed E-state index contributed by atoms with van der Waals surface area (Å²) in [6, 6.07) is 14.7. The van der Waals surface area contributed by atoms with Crippen molar-refractivity contribution in [3.63, 3.8) is 0 Å². The van der Waals surface area contributed by atoms with Crippen molar-refractivity contribution in [1.29, 1.82) is 0 Å². The highest BCUT2D eigenvalue weighted by Gasteiger charge is 2.11. The molecule has 0 aromatic heterocycles. The highest BCUT2D eigenvalue weighted by Crippen LogP contribution is 2.17. The SMILES string of the molecule is Fc1cccc(COc2ccc(CN3CCCC3)cc2)c1. The molecule has 1 aliphatic rings. The van der Waals surface area contributed by atoms with Gasteiger partial charge in [-0.3, -0.25) is 4.90 Å². The third-order valence-electron chi connectivity index (χ3n) is 3.82. The van der Waals surface area contributed by atoms with Crippen molar-refractivity contribution in [1.82, 2.24) is 4.90 Å². The molecule has 0 amide bonds. The van der Waals surface area contributed by atoms with E-state index in [9.17, 15) is 4.39 Å². The van der Waals surface area contributed by atoms with Crippen molar-refractivity contribution >= 4 is 0 Å². The Balaban J connectivity index is 1.54. The minimum atomic E-state index is -0.225. The molecule has 2 nitrogen and oxygen atoms in total. The van der Waals surface area contributed by atoms with Crippen LogP contribution in [0.5, 0.6) is 5.75 Å². The number of halogens is 1. The predicted octanol–water partition coefficient (Wildman–Crippen LogP) is 4.00. The van der Waals surface area contributed by atoms with Gasteiger partial charge in [-0.25, -0.2) is 4.39 Å². The Bertz CT molecular complexity index is 576. The van der Waals surface area contributed by atoms with Crippen LogP contribution in [0, 0.1) is 5.82 Å². The number of ether oxygens (including phenoxy) is 1. The molecule has 0 N–H and O–H groups in total. The summed E-state index contributed by atoms with van der Waals surface area (Å²) >= 11 is 0. The van der Waals surface area contributed by atoms with Crippen LogP contribution >= 0.6 is 0 Å². The summed E-state index contributed by atoms with van der Waals surface area (Å²) in [5, 5.41) is 0. The van der Waals surface area contributed by atoms with Crippen molar-refractivity contribution in [2.75, 3.05) is 13.1 Å². The van der Waals surface area contributed by atoms with Crippen molar-refractivity contribution in [2.24, 2.45) is 0 Å². The van der Waals surface area contributed by atoms with E-state index in [0.717, 1.165) is 17.9 Å². The summed E-state index contributed by atoms with van der Waals surface area (Å²) < 4.78 is 18.8. The molecule has 2 aromatic carbocycles. The third-order valence-corrected chi connectivity index (χ3v) is 3.82. The van der Waals surface area contributed by atoms with Gasteiger partial charge in [-0.2, -0.15) is 0 Å². The zero-order valence-electron chi connectivity index (χ0n) is 12.1. The fourth-order valence-electron chi connectivity index (χ4n) is 2.68. The van der Waals surface area contributed by atoms with E-state index < -0.39 is 0 Å². The zero-order chi connectivity index (χ0) is 14.5. The van der Waals surface area contributed by atoms with Crippen LogP contribution in [0.2, 0.25) is 0 Å². The fourth-order valence-corrected chi connectivity index (χ4v) is 2.68. The van der Waals surface area contributed by atoms with E-state index in [-0.39, 0.29) is 5.82 Å².